The monoisotopic (exact) mass is 380 g/mol. The third kappa shape index (κ3) is 4.19. The van der Waals surface area contributed by atoms with Crippen LogP contribution in [0.5, 0.6) is 5.75 Å². The largest absolute Gasteiger partial charge is 0.511 e. The number of halogens is 1. The van der Waals surface area contributed by atoms with Crippen LogP contribution in [-0.2, 0) is 4.79 Å². The molecule has 122 valence electrons. The van der Waals surface area contributed by atoms with Crippen molar-refractivity contribution < 1.29 is 19.8 Å². The van der Waals surface area contributed by atoms with Crippen LogP contribution in [-0.4, -0.2) is 28.1 Å². The Morgan fingerprint density at radius 3 is 2.70 bits per heavy atom. The molecule has 1 aromatic rings. The van der Waals surface area contributed by atoms with Crippen molar-refractivity contribution in [3.05, 3.63) is 39.6 Å². The maximum atomic E-state index is 12.0. The fraction of sp³-hybridized carbons (Fsp3) is 0.312. The number of amides is 1. The highest BCUT2D eigenvalue weighted by molar-refractivity contribution is 9.10. The Hall–Kier alpha value is -2.15. The number of phenols is 1. The van der Waals surface area contributed by atoms with Gasteiger partial charge in [0.05, 0.1) is 17.4 Å². The highest BCUT2D eigenvalue weighted by Gasteiger charge is 2.32. The number of phenolic OH excluding ortho intramolecular Hbond substituents is 1. The summed E-state index contributed by atoms with van der Waals surface area (Å²) in [6, 6.07) is 4.43. The van der Waals surface area contributed by atoms with Crippen molar-refractivity contribution in [3.8, 4) is 5.75 Å². The molecule has 7 heteroatoms. The minimum atomic E-state index is -0.622. The van der Waals surface area contributed by atoms with E-state index < -0.39 is 5.91 Å². The van der Waals surface area contributed by atoms with E-state index in [1.165, 1.54) is 12.1 Å². The van der Waals surface area contributed by atoms with E-state index in [-0.39, 0.29) is 33.8 Å². The van der Waals surface area contributed by atoms with E-state index in [0.717, 1.165) is 6.21 Å². The molecule has 0 aliphatic heterocycles. The summed E-state index contributed by atoms with van der Waals surface area (Å²) >= 11 is 3.21. The van der Waals surface area contributed by atoms with Gasteiger partial charge < -0.3 is 10.2 Å². The lowest BCUT2D eigenvalue weighted by molar-refractivity contribution is -0.117. The Kier molecular flexibility index (Phi) is 4.89. The third-order valence-electron chi connectivity index (χ3n) is 3.46. The zero-order valence-corrected chi connectivity index (χ0v) is 14.3. The fourth-order valence-electron chi connectivity index (χ4n) is 2.35. The average molecular weight is 381 g/mol. The lowest BCUT2D eigenvalue weighted by atomic mass is 9.77. The molecule has 1 aliphatic rings. The standard InChI is InChI=1S/C16H17BrN2O4/c1-16(2)6-13(21)11(14(22)7-16)8-18-19-15(23)10-5-9(17)3-4-12(10)20/h3-5,8,20-21H,6-7H2,1-2H3,(H,19,23). The molecular weight excluding hydrogens is 364 g/mol. The van der Waals surface area contributed by atoms with Crippen molar-refractivity contribution in [2.75, 3.05) is 0 Å². The Morgan fingerprint density at radius 2 is 2.04 bits per heavy atom. The summed E-state index contributed by atoms with van der Waals surface area (Å²) < 4.78 is 0.634. The van der Waals surface area contributed by atoms with Crippen LogP contribution in [0.1, 0.15) is 37.0 Å². The summed E-state index contributed by atoms with van der Waals surface area (Å²) in [7, 11) is 0. The number of benzene rings is 1. The van der Waals surface area contributed by atoms with E-state index >= 15 is 0 Å². The third-order valence-corrected chi connectivity index (χ3v) is 3.95. The SMILES string of the molecule is CC1(C)CC(=O)C(C=NNC(=O)c2cc(Br)ccc2O)=C(O)C1. The molecule has 3 N–H and O–H groups in total. The summed E-state index contributed by atoms with van der Waals surface area (Å²) in [5, 5.41) is 23.3. The molecule has 6 nitrogen and oxygen atoms in total. The molecule has 1 aromatic carbocycles. The van der Waals surface area contributed by atoms with Gasteiger partial charge in [0.1, 0.15) is 11.5 Å². The topological polar surface area (TPSA) is 99.0 Å². The van der Waals surface area contributed by atoms with Gasteiger partial charge in [-0.1, -0.05) is 29.8 Å². The number of hydrazone groups is 1. The normalized spacial score (nSPS) is 17.6. The first-order valence-electron chi connectivity index (χ1n) is 6.97. The van der Waals surface area contributed by atoms with Gasteiger partial charge in [0.15, 0.2) is 5.78 Å². The smallest absolute Gasteiger partial charge is 0.275 e. The molecule has 1 aliphatic carbocycles. The summed E-state index contributed by atoms with van der Waals surface area (Å²) in [5.74, 6) is -1.06. The fourth-order valence-corrected chi connectivity index (χ4v) is 2.72. The molecule has 0 fully saturated rings. The number of carbonyl (C=O) groups is 2. The number of aromatic hydroxyl groups is 1. The van der Waals surface area contributed by atoms with Crippen LogP contribution >= 0.6 is 15.9 Å². The Morgan fingerprint density at radius 1 is 1.35 bits per heavy atom. The van der Waals surface area contributed by atoms with Crippen molar-refractivity contribution in [1.82, 2.24) is 5.43 Å². The maximum Gasteiger partial charge on any atom is 0.275 e. The van der Waals surface area contributed by atoms with Gasteiger partial charge in [0, 0.05) is 17.3 Å². The molecule has 0 radical (unpaired) electrons. The Balaban J connectivity index is 2.11. The second-order valence-electron chi connectivity index (χ2n) is 6.16. The predicted molar refractivity (Wildman–Crippen MR) is 89.4 cm³/mol. The Labute approximate surface area is 142 Å². The molecule has 0 saturated carbocycles. The number of hydrogen-bond acceptors (Lipinski definition) is 5. The molecule has 0 unspecified atom stereocenters. The van der Waals surface area contributed by atoms with Crippen LogP contribution in [0.25, 0.3) is 0 Å². The molecule has 0 saturated heterocycles. The van der Waals surface area contributed by atoms with Gasteiger partial charge in [-0.25, -0.2) is 5.43 Å². The Bertz CT molecular complexity index is 723. The quantitative estimate of drug-likeness (QED) is 0.554. The van der Waals surface area contributed by atoms with E-state index in [1.807, 2.05) is 13.8 Å². The van der Waals surface area contributed by atoms with Crippen LogP contribution in [0.3, 0.4) is 0 Å². The minimum absolute atomic E-state index is 0.0328. The minimum Gasteiger partial charge on any atom is -0.511 e. The summed E-state index contributed by atoms with van der Waals surface area (Å²) in [5.41, 5.74) is 2.09. The molecule has 0 spiro atoms. The average Bonchev–Trinajstić information content (AvgIpc) is 2.43. The zero-order valence-electron chi connectivity index (χ0n) is 12.8. The van der Waals surface area contributed by atoms with Crippen molar-refractivity contribution in [1.29, 1.82) is 0 Å². The van der Waals surface area contributed by atoms with Crippen LogP contribution < -0.4 is 5.43 Å². The number of Topliss-reactive ketones (excluding diaryl/α,β-unsaturated/α-hetero) is 1. The molecule has 23 heavy (non-hydrogen) atoms. The van der Waals surface area contributed by atoms with Crippen molar-refractivity contribution in [2.24, 2.45) is 10.5 Å². The first kappa shape index (κ1) is 17.2. The van der Waals surface area contributed by atoms with E-state index in [4.69, 9.17) is 0 Å². The number of aliphatic hydroxyl groups excluding tert-OH is 1. The lowest BCUT2D eigenvalue weighted by Crippen LogP contribution is -2.27. The van der Waals surface area contributed by atoms with Gasteiger partial charge in [-0.2, -0.15) is 5.10 Å². The van der Waals surface area contributed by atoms with Gasteiger partial charge >= 0.3 is 0 Å². The van der Waals surface area contributed by atoms with E-state index in [0.29, 0.717) is 17.3 Å². The molecule has 2 rings (SSSR count). The highest BCUT2D eigenvalue weighted by atomic mass is 79.9. The number of carbonyl (C=O) groups excluding carboxylic acids is 2. The van der Waals surface area contributed by atoms with Crippen LogP contribution in [0, 0.1) is 5.41 Å². The highest BCUT2D eigenvalue weighted by Crippen LogP contribution is 2.35. The number of nitrogens with one attached hydrogen (secondary N) is 1. The molecule has 0 heterocycles. The van der Waals surface area contributed by atoms with Crippen molar-refractivity contribution >= 4 is 33.8 Å². The number of hydrogen-bond donors (Lipinski definition) is 3. The summed E-state index contributed by atoms with van der Waals surface area (Å²) in [6.07, 6.45) is 1.82. The van der Waals surface area contributed by atoms with Gasteiger partial charge in [0.2, 0.25) is 0 Å². The number of allylic oxidation sites excluding steroid dienone is 2. The molecule has 0 atom stereocenters. The second kappa shape index (κ2) is 6.54. The molecule has 0 bridgehead atoms. The molecule has 1 amide bonds. The number of ketones is 1. The van der Waals surface area contributed by atoms with E-state index in [9.17, 15) is 19.8 Å². The van der Waals surface area contributed by atoms with Crippen LogP contribution in [0.2, 0.25) is 0 Å². The number of aliphatic hydroxyl groups is 1. The number of rotatable bonds is 3. The van der Waals surface area contributed by atoms with Gasteiger partial charge in [-0.3, -0.25) is 9.59 Å². The molecular formula is C16H17BrN2O4. The zero-order chi connectivity index (χ0) is 17.2. The first-order chi connectivity index (χ1) is 10.7. The second-order valence-corrected chi connectivity index (χ2v) is 7.08. The maximum absolute atomic E-state index is 12.0. The van der Waals surface area contributed by atoms with Crippen LogP contribution in [0.15, 0.2) is 39.1 Å². The number of nitrogens with zero attached hydrogens (tertiary/aromatic N) is 1. The summed E-state index contributed by atoms with van der Waals surface area (Å²) in [6.45, 7) is 3.79. The van der Waals surface area contributed by atoms with Crippen LogP contribution in [0.4, 0.5) is 0 Å². The van der Waals surface area contributed by atoms with Gasteiger partial charge in [-0.15, -0.1) is 0 Å². The van der Waals surface area contributed by atoms with E-state index in [2.05, 4.69) is 26.5 Å². The van der Waals surface area contributed by atoms with Crippen molar-refractivity contribution in [2.45, 2.75) is 26.7 Å². The molecule has 0 aromatic heterocycles. The van der Waals surface area contributed by atoms with Crippen molar-refractivity contribution in [3.63, 3.8) is 0 Å². The van der Waals surface area contributed by atoms with Gasteiger partial charge in [-0.05, 0) is 23.6 Å². The lowest BCUT2D eigenvalue weighted by Gasteiger charge is -2.28. The van der Waals surface area contributed by atoms with Gasteiger partial charge in [0.25, 0.3) is 5.91 Å². The predicted octanol–water partition coefficient (Wildman–Crippen LogP) is 3.07. The summed E-state index contributed by atoms with van der Waals surface area (Å²) in [4.78, 5) is 24.0. The first-order valence-corrected chi connectivity index (χ1v) is 7.76. The van der Waals surface area contributed by atoms with E-state index in [1.54, 1.807) is 6.07 Å².